The van der Waals surface area contributed by atoms with E-state index in [1.165, 1.54) is 25.5 Å². The second kappa shape index (κ2) is 13.8. The Morgan fingerprint density at radius 2 is 1.87 bits per heavy atom. The first-order chi connectivity index (χ1) is 21.4. The van der Waals surface area contributed by atoms with Gasteiger partial charge in [-0.05, 0) is 70.0 Å². The van der Waals surface area contributed by atoms with Crippen molar-refractivity contribution >= 4 is 29.8 Å². The van der Waals surface area contributed by atoms with Gasteiger partial charge >= 0.3 is 12.0 Å². The molecule has 0 fully saturated rings. The van der Waals surface area contributed by atoms with Gasteiger partial charge in [0, 0.05) is 40.5 Å². The van der Waals surface area contributed by atoms with E-state index in [0.29, 0.717) is 11.3 Å². The SMILES string of the molecule is CCOC(=O)C1=C(C)NC(=O)N[C@H]1c1ccc(OCC(=O)N/N=C\c2cc(C)n(-c3ccc([N+](=O)[O-])cc3C)c2C)c(OC)c1. The molecule has 1 atom stereocenters. The second-order valence-electron chi connectivity index (χ2n) is 10.2. The smallest absolute Gasteiger partial charge is 0.338 e. The van der Waals surface area contributed by atoms with Crippen molar-refractivity contribution in [1.82, 2.24) is 20.6 Å². The maximum absolute atomic E-state index is 12.6. The van der Waals surface area contributed by atoms with Crippen LogP contribution in [0.3, 0.4) is 0 Å². The molecule has 236 valence electrons. The molecule has 0 saturated heterocycles. The lowest BCUT2D eigenvalue weighted by Crippen LogP contribution is -2.45. The second-order valence-corrected chi connectivity index (χ2v) is 10.2. The number of rotatable bonds is 11. The molecular weight excluding hydrogens is 584 g/mol. The molecule has 2 heterocycles. The molecule has 0 saturated carbocycles. The summed E-state index contributed by atoms with van der Waals surface area (Å²) in [6, 6.07) is 10.2. The van der Waals surface area contributed by atoms with Crippen LogP contribution >= 0.6 is 0 Å². The van der Waals surface area contributed by atoms with Crippen LogP contribution in [-0.4, -0.2) is 53.9 Å². The van der Waals surface area contributed by atoms with Gasteiger partial charge in [0.1, 0.15) is 0 Å². The first-order valence-corrected chi connectivity index (χ1v) is 14.0. The predicted molar refractivity (Wildman–Crippen MR) is 165 cm³/mol. The number of carbonyl (C=O) groups excluding carboxylic acids is 3. The fourth-order valence-corrected chi connectivity index (χ4v) is 5.05. The van der Waals surface area contributed by atoms with E-state index in [1.807, 2.05) is 31.4 Å². The molecule has 45 heavy (non-hydrogen) atoms. The van der Waals surface area contributed by atoms with Crippen LogP contribution in [0.1, 0.15) is 48.0 Å². The van der Waals surface area contributed by atoms with Gasteiger partial charge in [-0.25, -0.2) is 15.0 Å². The lowest BCUT2D eigenvalue weighted by Gasteiger charge is -2.28. The van der Waals surface area contributed by atoms with Crippen LogP contribution in [-0.2, 0) is 14.3 Å². The van der Waals surface area contributed by atoms with Crippen LogP contribution in [0.4, 0.5) is 10.5 Å². The third kappa shape index (κ3) is 7.12. The van der Waals surface area contributed by atoms with Gasteiger partial charge in [-0.3, -0.25) is 14.9 Å². The monoisotopic (exact) mass is 618 g/mol. The number of aryl methyl sites for hydroxylation is 2. The molecule has 1 aliphatic rings. The molecule has 0 unspecified atom stereocenters. The van der Waals surface area contributed by atoms with Crippen molar-refractivity contribution in [3.63, 3.8) is 0 Å². The van der Waals surface area contributed by atoms with Crippen molar-refractivity contribution < 1.29 is 33.5 Å². The van der Waals surface area contributed by atoms with Crippen LogP contribution in [0.15, 0.2) is 58.8 Å². The molecule has 3 N–H and O–H groups in total. The number of hydrogen-bond acceptors (Lipinski definition) is 9. The Kier molecular flexibility index (Phi) is 9.86. The van der Waals surface area contributed by atoms with Gasteiger partial charge in [0.15, 0.2) is 18.1 Å². The van der Waals surface area contributed by atoms with Gasteiger partial charge in [-0.2, -0.15) is 5.10 Å². The van der Waals surface area contributed by atoms with E-state index in [-0.39, 0.29) is 36.0 Å². The standard InChI is InChI=1S/C31H34N6O8/c1-7-44-30(39)28-19(4)33-31(40)34-29(28)21-8-11-25(26(14-21)43-6)45-16-27(38)35-32-15-22-13-18(3)36(20(22)5)24-10-9-23(37(41)42)12-17(24)2/h8-15,29H,7,16H2,1-6H3,(H,35,38)(H2,33,34,40)/b32-15-/t29-/m0/s1. The number of nitro benzene ring substituents is 1. The number of hydrogen-bond donors (Lipinski definition) is 3. The Labute approximate surface area is 259 Å². The Morgan fingerprint density at radius 3 is 2.53 bits per heavy atom. The Hall–Kier alpha value is -5.66. The van der Waals surface area contributed by atoms with Crippen molar-refractivity contribution in [2.75, 3.05) is 20.3 Å². The minimum atomic E-state index is -0.787. The van der Waals surface area contributed by atoms with Crippen LogP contribution in [0.5, 0.6) is 11.5 Å². The van der Waals surface area contributed by atoms with E-state index >= 15 is 0 Å². The molecule has 0 spiro atoms. The van der Waals surface area contributed by atoms with Crippen molar-refractivity contribution in [3.05, 3.63) is 91.9 Å². The van der Waals surface area contributed by atoms with Gasteiger partial charge in [0.05, 0.1) is 36.5 Å². The summed E-state index contributed by atoms with van der Waals surface area (Å²) >= 11 is 0. The average molecular weight is 619 g/mol. The lowest BCUT2D eigenvalue weighted by atomic mass is 9.95. The summed E-state index contributed by atoms with van der Waals surface area (Å²) < 4.78 is 18.3. The van der Waals surface area contributed by atoms with E-state index < -0.39 is 28.9 Å². The van der Waals surface area contributed by atoms with E-state index in [1.54, 1.807) is 38.1 Å². The van der Waals surface area contributed by atoms with Crippen LogP contribution in [0.2, 0.25) is 0 Å². The summed E-state index contributed by atoms with van der Waals surface area (Å²) in [7, 11) is 1.43. The first-order valence-electron chi connectivity index (χ1n) is 14.0. The molecule has 0 bridgehead atoms. The normalized spacial score (nSPS) is 14.5. The van der Waals surface area contributed by atoms with Gasteiger partial charge in [0.2, 0.25) is 0 Å². The highest BCUT2D eigenvalue weighted by Crippen LogP contribution is 2.34. The number of ether oxygens (including phenoxy) is 3. The van der Waals surface area contributed by atoms with Gasteiger partial charge < -0.3 is 29.4 Å². The third-order valence-electron chi connectivity index (χ3n) is 7.14. The highest BCUT2D eigenvalue weighted by molar-refractivity contribution is 5.95. The zero-order valence-electron chi connectivity index (χ0n) is 25.7. The van der Waals surface area contributed by atoms with Crippen molar-refractivity contribution in [2.45, 2.75) is 40.7 Å². The zero-order chi connectivity index (χ0) is 32.8. The maximum atomic E-state index is 12.6. The van der Waals surface area contributed by atoms with E-state index in [9.17, 15) is 24.5 Å². The Balaban J connectivity index is 1.42. The Bertz CT molecular complexity index is 1720. The summed E-state index contributed by atoms with van der Waals surface area (Å²) in [6.07, 6.45) is 1.51. The minimum Gasteiger partial charge on any atom is -0.493 e. The molecule has 2 aromatic carbocycles. The summed E-state index contributed by atoms with van der Waals surface area (Å²) in [5.74, 6) is -0.536. The molecule has 0 radical (unpaired) electrons. The average Bonchev–Trinajstić information content (AvgIpc) is 3.27. The summed E-state index contributed by atoms with van der Waals surface area (Å²) in [5, 5.41) is 20.5. The molecule has 14 nitrogen and oxygen atoms in total. The topological polar surface area (TPSA) is 175 Å². The van der Waals surface area contributed by atoms with Gasteiger partial charge in [-0.15, -0.1) is 0 Å². The van der Waals surface area contributed by atoms with E-state index in [0.717, 1.165) is 28.2 Å². The summed E-state index contributed by atoms with van der Waals surface area (Å²) in [4.78, 5) is 48.0. The number of benzene rings is 2. The first kappa shape index (κ1) is 32.3. The van der Waals surface area contributed by atoms with Crippen LogP contribution in [0.25, 0.3) is 5.69 Å². The zero-order valence-corrected chi connectivity index (χ0v) is 25.7. The molecule has 0 aliphatic carbocycles. The number of allylic oxidation sites excluding steroid dienone is 1. The maximum Gasteiger partial charge on any atom is 0.338 e. The molecule has 3 amide bonds. The van der Waals surface area contributed by atoms with Crippen molar-refractivity contribution in [1.29, 1.82) is 0 Å². The molecule has 1 aliphatic heterocycles. The largest absolute Gasteiger partial charge is 0.493 e. The molecule has 14 heteroatoms. The number of amides is 3. The minimum absolute atomic E-state index is 0.0182. The number of nitrogens with zero attached hydrogens (tertiary/aromatic N) is 3. The Morgan fingerprint density at radius 1 is 1.11 bits per heavy atom. The number of urea groups is 1. The quantitative estimate of drug-likeness (QED) is 0.125. The van der Waals surface area contributed by atoms with Crippen molar-refractivity contribution in [3.8, 4) is 17.2 Å². The number of hydrazone groups is 1. The fourth-order valence-electron chi connectivity index (χ4n) is 5.05. The summed E-state index contributed by atoms with van der Waals surface area (Å²) in [6.45, 7) is 8.71. The van der Waals surface area contributed by atoms with Gasteiger partial charge in [0.25, 0.3) is 11.6 Å². The van der Waals surface area contributed by atoms with E-state index in [2.05, 4.69) is 21.2 Å². The highest BCUT2D eigenvalue weighted by atomic mass is 16.6. The van der Waals surface area contributed by atoms with Crippen LogP contribution < -0.4 is 25.5 Å². The van der Waals surface area contributed by atoms with Gasteiger partial charge in [-0.1, -0.05) is 6.07 Å². The number of non-ortho nitro benzene ring substituents is 1. The number of aromatic nitrogens is 1. The number of nitro groups is 1. The predicted octanol–water partition coefficient (Wildman–Crippen LogP) is 4.04. The summed E-state index contributed by atoms with van der Waals surface area (Å²) in [5.41, 5.74) is 7.66. The molecule has 1 aromatic heterocycles. The fraction of sp³-hybridized carbons (Fsp3) is 0.290. The number of methoxy groups -OCH3 is 1. The number of nitrogens with one attached hydrogen (secondary N) is 3. The third-order valence-corrected chi connectivity index (χ3v) is 7.14. The molecule has 3 aromatic rings. The highest BCUT2D eigenvalue weighted by Gasteiger charge is 2.32. The number of esters is 1. The van der Waals surface area contributed by atoms with Crippen molar-refractivity contribution in [2.24, 2.45) is 5.10 Å². The molecule has 4 rings (SSSR count). The lowest BCUT2D eigenvalue weighted by molar-refractivity contribution is -0.384. The van der Waals surface area contributed by atoms with E-state index in [4.69, 9.17) is 14.2 Å². The number of carbonyl (C=O) groups is 3. The molecular formula is C31H34N6O8. The van der Waals surface area contributed by atoms with Crippen LogP contribution in [0, 0.1) is 30.9 Å².